The Hall–Kier alpha value is -0.650. The molecule has 3 aliphatic rings. The lowest BCUT2D eigenvalue weighted by Gasteiger charge is -2.32. The summed E-state index contributed by atoms with van der Waals surface area (Å²) in [6.45, 7) is 3.83. The number of nitrogens with one attached hydrogen (secondary N) is 1. The van der Waals surface area contributed by atoms with E-state index in [4.69, 9.17) is 4.74 Å². The number of nitrogens with zero attached hydrogens (tertiary/aromatic N) is 1. The molecule has 3 rings (SSSR count). The van der Waals surface area contributed by atoms with E-state index < -0.39 is 5.60 Å². The Morgan fingerprint density at radius 2 is 1.91 bits per heavy atom. The molecule has 1 aliphatic carbocycles. The Balaban J connectivity index is 1.37. The van der Waals surface area contributed by atoms with Crippen molar-refractivity contribution in [3.63, 3.8) is 0 Å². The van der Waals surface area contributed by atoms with Gasteiger partial charge in [-0.05, 0) is 45.1 Å². The molecule has 23 heavy (non-hydrogen) atoms. The van der Waals surface area contributed by atoms with Gasteiger partial charge in [-0.25, -0.2) is 0 Å². The predicted molar refractivity (Wildman–Crippen MR) is 89.2 cm³/mol. The molecule has 5 nitrogen and oxygen atoms in total. The maximum atomic E-state index is 12.4. The van der Waals surface area contributed by atoms with E-state index in [0.717, 1.165) is 19.5 Å². The molecule has 1 amide bonds. The molecular weight excluding hydrogens is 292 g/mol. The first-order valence-corrected chi connectivity index (χ1v) is 9.48. The molecule has 132 valence electrons. The number of aliphatic hydroxyl groups is 1. The molecule has 2 heterocycles. The van der Waals surface area contributed by atoms with Crippen molar-refractivity contribution >= 4 is 5.91 Å². The van der Waals surface area contributed by atoms with Gasteiger partial charge in [0, 0.05) is 32.3 Å². The van der Waals surface area contributed by atoms with Gasteiger partial charge in [0.05, 0.1) is 11.5 Å². The summed E-state index contributed by atoms with van der Waals surface area (Å²) in [5.74, 6) is 0.320. The van der Waals surface area contributed by atoms with E-state index in [1.165, 1.54) is 32.1 Å². The van der Waals surface area contributed by atoms with Crippen molar-refractivity contribution in [3.8, 4) is 0 Å². The summed E-state index contributed by atoms with van der Waals surface area (Å²) in [5.41, 5.74) is -0.644. The van der Waals surface area contributed by atoms with Gasteiger partial charge in [0.2, 0.25) is 5.91 Å². The van der Waals surface area contributed by atoms with E-state index in [0.29, 0.717) is 45.1 Å². The minimum Gasteiger partial charge on any atom is -0.390 e. The van der Waals surface area contributed by atoms with Gasteiger partial charge in [-0.15, -0.1) is 0 Å². The van der Waals surface area contributed by atoms with Crippen molar-refractivity contribution in [2.75, 3.05) is 32.8 Å². The lowest BCUT2D eigenvalue weighted by molar-refractivity contribution is -0.125. The molecule has 0 aromatic heterocycles. The summed E-state index contributed by atoms with van der Waals surface area (Å²) in [5, 5.41) is 13.5. The molecule has 5 heteroatoms. The van der Waals surface area contributed by atoms with Gasteiger partial charge < -0.3 is 15.2 Å². The van der Waals surface area contributed by atoms with Crippen molar-refractivity contribution in [3.05, 3.63) is 0 Å². The van der Waals surface area contributed by atoms with Crippen LogP contribution in [-0.2, 0) is 9.53 Å². The third-order valence-corrected chi connectivity index (χ3v) is 5.99. The van der Waals surface area contributed by atoms with E-state index in [9.17, 15) is 9.90 Å². The average Bonchev–Trinajstić information content (AvgIpc) is 3.06. The fourth-order valence-corrected chi connectivity index (χ4v) is 4.34. The van der Waals surface area contributed by atoms with Crippen LogP contribution in [0.5, 0.6) is 0 Å². The Morgan fingerprint density at radius 3 is 2.65 bits per heavy atom. The third-order valence-electron chi connectivity index (χ3n) is 5.99. The number of hydrogen-bond acceptors (Lipinski definition) is 4. The van der Waals surface area contributed by atoms with Gasteiger partial charge in [-0.3, -0.25) is 9.69 Å². The van der Waals surface area contributed by atoms with Crippen LogP contribution in [0.25, 0.3) is 0 Å². The minimum atomic E-state index is -0.644. The zero-order valence-corrected chi connectivity index (χ0v) is 14.3. The van der Waals surface area contributed by atoms with Gasteiger partial charge in [-0.2, -0.15) is 0 Å². The number of rotatable bonds is 5. The van der Waals surface area contributed by atoms with Crippen LogP contribution in [0, 0.1) is 5.92 Å². The maximum Gasteiger partial charge on any atom is 0.224 e. The summed E-state index contributed by atoms with van der Waals surface area (Å²) < 4.78 is 5.29. The van der Waals surface area contributed by atoms with Gasteiger partial charge in [-0.1, -0.05) is 19.3 Å². The number of amides is 1. The lowest BCUT2D eigenvalue weighted by Crippen LogP contribution is -2.41. The maximum absolute atomic E-state index is 12.4. The number of carbonyl (C=O) groups excluding carboxylic acids is 1. The van der Waals surface area contributed by atoms with Crippen LogP contribution >= 0.6 is 0 Å². The summed E-state index contributed by atoms with van der Waals surface area (Å²) in [6.07, 6.45) is 9.68. The molecular formula is C18H32N2O3. The normalized spacial score (nSPS) is 29.5. The molecule has 2 N–H and O–H groups in total. The Morgan fingerprint density at radius 1 is 1.17 bits per heavy atom. The largest absolute Gasteiger partial charge is 0.390 e. The smallest absolute Gasteiger partial charge is 0.224 e. The monoisotopic (exact) mass is 324 g/mol. The average molecular weight is 324 g/mol. The molecule has 2 aliphatic heterocycles. The summed E-state index contributed by atoms with van der Waals surface area (Å²) in [4.78, 5) is 14.9. The van der Waals surface area contributed by atoms with E-state index >= 15 is 0 Å². The molecule has 0 spiro atoms. The van der Waals surface area contributed by atoms with E-state index in [2.05, 4.69) is 10.2 Å². The second kappa shape index (κ2) is 7.95. The number of carbonyl (C=O) groups is 1. The first-order valence-electron chi connectivity index (χ1n) is 9.48. The molecule has 0 bridgehead atoms. The fraction of sp³-hybridized carbons (Fsp3) is 0.944. The van der Waals surface area contributed by atoms with Crippen LogP contribution in [0.4, 0.5) is 0 Å². The van der Waals surface area contributed by atoms with Crippen LogP contribution in [0.1, 0.15) is 57.8 Å². The Bertz CT molecular complexity index is 390. The molecule has 1 saturated carbocycles. The fourth-order valence-electron chi connectivity index (χ4n) is 4.34. The van der Waals surface area contributed by atoms with Crippen molar-refractivity contribution in [2.45, 2.75) is 69.4 Å². The number of ether oxygens (including phenoxy) is 1. The second-order valence-electron chi connectivity index (χ2n) is 7.65. The Kier molecular flexibility index (Phi) is 5.94. The van der Waals surface area contributed by atoms with Crippen molar-refractivity contribution in [2.24, 2.45) is 5.92 Å². The van der Waals surface area contributed by atoms with Crippen LogP contribution in [0.3, 0.4) is 0 Å². The van der Waals surface area contributed by atoms with E-state index in [1.807, 2.05) is 0 Å². The second-order valence-corrected chi connectivity index (χ2v) is 7.65. The summed E-state index contributed by atoms with van der Waals surface area (Å²) >= 11 is 0. The number of likely N-dealkylation sites (tertiary alicyclic amines) is 1. The van der Waals surface area contributed by atoms with Crippen molar-refractivity contribution in [1.82, 2.24) is 10.2 Å². The van der Waals surface area contributed by atoms with E-state index in [1.54, 1.807) is 0 Å². The first kappa shape index (κ1) is 17.2. The van der Waals surface area contributed by atoms with Crippen LogP contribution < -0.4 is 5.32 Å². The highest BCUT2D eigenvalue weighted by molar-refractivity contribution is 5.79. The SMILES string of the molecule is O=C(NCCC1(O)CCOCC1)C1CCN(C2CCCCC2)C1. The quantitative estimate of drug-likeness (QED) is 0.808. The molecule has 2 saturated heterocycles. The molecule has 1 unspecified atom stereocenters. The topological polar surface area (TPSA) is 61.8 Å². The Labute approximate surface area is 139 Å². The van der Waals surface area contributed by atoms with Gasteiger partial charge >= 0.3 is 0 Å². The molecule has 3 fully saturated rings. The first-order chi connectivity index (χ1) is 11.2. The lowest BCUT2D eigenvalue weighted by atomic mass is 9.91. The number of hydrogen-bond donors (Lipinski definition) is 2. The summed E-state index contributed by atoms with van der Waals surface area (Å²) in [7, 11) is 0. The standard InChI is InChI=1S/C18H32N2O3/c21-17(19-10-7-18(22)8-12-23-13-9-18)15-6-11-20(14-15)16-4-2-1-3-5-16/h15-16,22H,1-14H2,(H,19,21). The third kappa shape index (κ3) is 4.68. The zero-order chi connectivity index (χ0) is 16.1. The van der Waals surface area contributed by atoms with Crippen LogP contribution in [-0.4, -0.2) is 60.4 Å². The van der Waals surface area contributed by atoms with Gasteiger partial charge in [0.15, 0.2) is 0 Å². The molecule has 1 atom stereocenters. The van der Waals surface area contributed by atoms with Gasteiger partial charge in [0.1, 0.15) is 0 Å². The van der Waals surface area contributed by atoms with E-state index in [-0.39, 0.29) is 11.8 Å². The highest BCUT2D eigenvalue weighted by Crippen LogP contribution is 2.28. The molecule has 0 aromatic carbocycles. The highest BCUT2D eigenvalue weighted by Gasteiger charge is 2.33. The van der Waals surface area contributed by atoms with Crippen LogP contribution in [0.15, 0.2) is 0 Å². The highest BCUT2D eigenvalue weighted by atomic mass is 16.5. The minimum absolute atomic E-state index is 0.140. The predicted octanol–water partition coefficient (Wildman–Crippen LogP) is 1.69. The zero-order valence-electron chi connectivity index (χ0n) is 14.3. The van der Waals surface area contributed by atoms with Crippen molar-refractivity contribution in [1.29, 1.82) is 0 Å². The van der Waals surface area contributed by atoms with Crippen molar-refractivity contribution < 1.29 is 14.6 Å². The molecule has 0 radical (unpaired) electrons. The van der Waals surface area contributed by atoms with Crippen LogP contribution in [0.2, 0.25) is 0 Å². The summed E-state index contributed by atoms with van der Waals surface area (Å²) in [6, 6.07) is 0.712. The molecule has 0 aromatic rings. The van der Waals surface area contributed by atoms with Gasteiger partial charge in [0.25, 0.3) is 0 Å².